The molecule has 1 aliphatic rings. The van der Waals surface area contributed by atoms with Crippen LogP contribution in [0.5, 0.6) is 5.88 Å². The minimum absolute atomic E-state index is 0.0624. The molecule has 1 aliphatic heterocycles. The molecule has 0 unspecified atom stereocenters. The van der Waals surface area contributed by atoms with E-state index < -0.39 is 11.6 Å². The maximum atomic E-state index is 14.1. The lowest BCUT2D eigenvalue weighted by molar-refractivity contribution is 0.144. The van der Waals surface area contributed by atoms with Crippen LogP contribution in [0.25, 0.3) is 0 Å². The van der Waals surface area contributed by atoms with Crippen LogP contribution in [0.3, 0.4) is 0 Å². The van der Waals surface area contributed by atoms with Crippen molar-refractivity contribution >= 4 is 11.6 Å². The summed E-state index contributed by atoms with van der Waals surface area (Å²) in [6, 6.07) is 7.15. The van der Waals surface area contributed by atoms with Gasteiger partial charge >= 0.3 is 0 Å². The average Bonchev–Trinajstić information content (AvgIpc) is 2.99. The third kappa shape index (κ3) is 3.62. The van der Waals surface area contributed by atoms with E-state index in [0.717, 1.165) is 6.07 Å². The Morgan fingerprint density at radius 1 is 1.26 bits per heavy atom. The van der Waals surface area contributed by atoms with Crippen LogP contribution in [0.15, 0.2) is 36.5 Å². The van der Waals surface area contributed by atoms with Crippen molar-refractivity contribution in [3.63, 3.8) is 0 Å². The van der Waals surface area contributed by atoms with Crippen molar-refractivity contribution in [1.29, 1.82) is 0 Å². The monoisotopic (exact) mass is 338 g/mol. The zero-order valence-electron chi connectivity index (χ0n) is 12.6. The highest BCUT2D eigenvalue weighted by Crippen LogP contribution is 2.33. The van der Waals surface area contributed by atoms with E-state index in [1.165, 1.54) is 18.3 Å². The van der Waals surface area contributed by atoms with Crippen molar-refractivity contribution in [1.82, 2.24) is 10.3 Å². The molecule has 2 heterocycles. The van der Waals surface area contributed by atoms with Crippen molar-refractivity contribution in [2.75, 3.05) is 13.1 Å². The van der Waals surface area contributed by atoms with Crippen LogP contribution < -0.4 is 10.1 Å². The van der Waals surface area contributed by atoms with Crippen molar-refractivity contribution in [2.45, 2.75) is 18.9 Å². The molecule has 0 saturated carbocycles. The first kappa shape index (κ1) is 16.1. The lowest BCUT2D eigenvalue weighted by atomic mass is 9.85. The lowest BCUT2D eigenvalue weighted by Gasteiger charge is -2.26. The SMILES string of the molecule is C[C@@H](Oc1ccc(Cl)cn1)[C@@H]1CNC[C@H]1c1ccc(F)cc1F. The van der Waals surface area contributed by atoms with Gasteiger partial charge in [0.25, 0.3) is 0 Å². The number of nitrogens with zero attached hydrogens (tertiary/aromatic N) is 1. The summed E-state index contributed by atoms with van der Waals surface area (Å²) >= 11 is 5.81. The Balaban J connectivity index is 1.76. The molecule has 1 aromatic carbocycles. The summed E-state index contributed by atoms with van der Waals surface area (Å²) in [5, 5.41) is 3.80. The summed E-state index contributed by atoms with van der Waals surface area (Å²) in [5.41, 5.74) is 0.515. The predicted molar refractivity (Wildman–Crippen MR) is 84.8 cm³/mol. The molecule has 0 aliphatic carbocycles. The van der Waals surface area contributed by atoms with Gasteiger partial charge in [0.2, 0.25) is 5.88 Å². The summed E-state index contributed by atoms with van der Waals surface area (Å²) in [4.78, 5) is 4.12. The summed E-state index contributed by atoms with van der Waals surface area (Å²) in [6.07, 6.45) is 1.35. The van der Waals surface area contributed by atoms with Crippen LogP contribution in [-0.2, 0) is 0 Å². The average molecular weight is 339 g/mol. The zero-order chi connectivity index (χ0) is 16.4. The number of aromatic nitrogens is 1. The smallest absolute Gasteiger partial charge is 0.213 e. The van der Waals surface area contributed by atoms with Crippen LogP contribution in [0.1, 0.15) is 18.4 Å². The highest BCUT2D eigenvalue weighted by Gasteiger charge is 2.35. The molecular formula is C17H17ClF2N2O. The molecule has 1 N–H and O–H groups in total. The first-order chi connectivity index (χ1) is 11.0. The van der Waals surface area contributed by atoms with Gasteiger partial charge in [-0.15, -0.1) is 0 Å². The number of hydrogen-bond donors (Lipinski definition) is 1. The molecule has 0 spiro atoms. The number of rotatable bonds is 4. The number of halogens is 3. The van der Waals surface area contributed by atoms with E-state index in [1.807, 2.05) is 6.92 Å². The lowest BCUT2D eigenvalue weighted by Crippen LogP contribution is -2.29. The van der Waals surface area contributed by atoms with Gasteiger partial charge < -0.3 is 10.1 Å². The fourth-order valence-electron chi connectivity index (χ4n) is 3.04. The maximum Gasteiger partial charge on any atom is 0.213 e. The van der Waals surface area contributed by atoms with Crippen molar-refractivity contribution in [2.24, 2.45) is 5.92 Å². The number of ether oxygens (including phenoxy) is 1. The second kappa shape index (κ2) is 6.81. The Labute approximate surface area is 138 Å². The molecule has 3 atom stereocenters. The molecule has 0 bridgehead atoms. The first-order valence-electron chi connectivity index (χ1n) is 7.48. The molecule has 6 heteroatoms. The Morgan fingerprint density at radius 3 is 2.78 bits per heavy atom. The van der Waals surface area contributed by atoms with E-state index in [2.05, 4.69) is 10.3 Å². The number of nitrogens with one attached hydrogen (secondary N) is 1. The Hall–Kier alpha value is -1.72. The van der Waals surface area contributed by atoms with E-state index in [1.54, 1.807) is 12.1 Å². The Bertz CT molecular complexity index is 681. The maximum absolute atomic E-state index is 14.1. The van der Waals surface area contributed by atoms with Gasteiger partial charge in [-0.1, -0.05) is 17.7 Å². The fraction of sp³-hybridized carbons (Fsp3) is 0.353. The van der Waals surface area contributed by atoms with Gasteiger partial charge in [-0.05, 0) is 24.6 Å². The van der Waals surface area contributed by atoms with Gasteiger partial charge in [-0.25, -0.2) is 13.8 Å². The van der Waals surface area contributed by atoms with E-state index in [9.17, 15) is 8.78 Å². The molecule has 122 valence electrons. The van der Waals surface area contributed by atoms with Crippen LogP contribution in [-0.4, -0.2) is 24.2 Å². The molecule has 0 amide bonds. The van der Waals surface area contributed by atoms with Gasteiger partial charge in [0.15, 0.2) is 0 Å². The molecule has 1 saturated heterocycles. The number of pyridine rings is 1. The van der Waals surface area contributed by atoms with E-state index >= 15 is 0 Å². The predicted octanol–water partition coefficient (Wildman–Crippen LogP) is 3.78. The summed E-state index contributed by atoms with van der Waals surface area (Å²) in [7, 11) is 0. The van der Waals surface area contributed by atoms with E-state index in [4.69, 9.17) is 16.3 Å². The topological polar surface area (TPSA) is 34.1 Å². The summed E-state index contributed by atoms with van der Waals surface area (Å²) in [5.74, 6) is -0.610. The molecule has 23 heavy (non-hydrogen) atoms. The second-order valence-corrected chi connectivity index (χ2v) is 6.17. The Kier molecular flexibility index (Phi) is 4.78. The molecule has 1 aromatic heterocycles. The number of benzene rings is 1. The van der Waals surface area contributed by atoms with Gasteiger partial charge in [-0.3, -0.25) is 0 Å². The van der Waals surface area contributed by atoms with Crippen LogP contribution >= 0.6 is 11.6 Å². The third-order valence-corrected chi connectivity index (χ3v) is 4.46. The highest BCUT2D eigenvalue weighted by atomic mass is 35.5. The van der Waals surface area contributed by atoms with Crippen molar-refractivity contribution < 1.29 is 13.5 Å². The molecule has 0 radical (unpaired) electrons. The quantitative estimate of drug-likeness (QED) is 0.921. The first-order valence-corrected chi connectivity index (χ1v) is 7.86. The molecular weight excluding hydrogens is 322 g/mol. The minimum atomic E-state index is -0.566. The highest BCUT2D eigenvalue weighted by molar-refractivity contribution is 6.30. The number of hydrogen-bond acceptors (Lipinski definition) is 3. The van der Waals surface area contributed by atoms with Gasteiger partial charge in [-0.2, -0.15) is 0 Å². The van der Waals surface area contributed by atoms with Crippen LogP contribution in [0.2, 0.25) is 5.02 Å². The zero-order valence-corrected chi connectivity index (χ0v) is 13.4. The molecule has 3 rings (SSSR count). The Morgan fingerprint density at radius 2 is 2.09 bits per heavy atom. The normalized spacial score (nSPS) is 22.1. The molecule has 3 nitrogen and oxygen atoms in total. The van der Waals surface area contributed by atoms with Gasteiger partial charge in [0, 0.05) is 43.3 Å². The van der Waals surface area contributed by atoms with E-state index in [0.29, 0.717) is 29.6 Å². The van der Waals surface area contributed by atoms with E-state index in [-0.39, 0.29) is 17.9 Å². The molecule has 1 fully saturated rings. The summed E-state index contributed by atoms with van der Waals surface area (Å²) < 4.78 is 33.0. The standard InChI is InChI=1S/C17H17ClF2N2O/c1-10(23-17-5-2-11(18)7-22-17)14-8-21-9-15(14)13-4-3-12(19)6-16(13)20/h2-7,10,14-15,21H,8-9H2,1H3/t10-,14+,15+/m1/s1. The van der Waals surface area contributed by atoms with Crippen LogP contribution in [0, 0.1) is 17.6 Å². The fourth-order valence-corrected chi connectivity index (χ4v) is 3.16. The summed E-state index contributed by atoms with van der Waals surface area (Å²) in [6.45, 7) is 3.27. The molecule has 2 aromatic rings. The minimum Gasteiger partial charge on any atom is -0.474 e. The second-order valence-electron chi connectivity index (χ2n) is 5.73. The van der Waals surface area contributed by atoms with Gasteiger partial charge in [0.05, 0.1) is 5.02 Å². The van der Waals surface area contributed by atoms with Crippen molar-refractivity contribution in [3.8, 4) is 5.88 Å². The van der Waals surface area contributed by atoms with Gasteiger partial charge in [0.1, 0.15) is 17.7 Å². The largest absolute Gasteiger partial charge is 0.474 e. The van der Waals surface area contributed by atoms with Crippen molar-refractivity contribution in [3.05, 3.63) is 58.7 Å². The third-order valence-electron chi connectivity index (χ3n) is 4.23. The van der Waals surface area contributed by atoms with Crippen LogP contribution in [0.4, 0.5) is 8.78 Å².